The lowest BCUT2D eigenvalue weighted by Crippen LogP contribution is -2.08. The van der Waals surface area contributed by atoms with E-state index in [1.165, 1.54) is 0 Å². The van der Waals surface area contributed by atoms with Crippen molar-refractivity contribution in [2.45, 2.75) is 38.8 Å². The molecule has 0 spiro atoms. The second-order valence-electron chi connectivity index (χ2n) is 3.81. The lowest BCUT2D eigenvalue weighted by molar-refractivity contribution is 0.00480. The van der Waals surface area contributed by atoms with Crippen LogP contribution in [-0.4, -0.2) is 34.5 Å². The van der Waals surface area contributed by atoms with E-state index in [0.717, 1.165) is 13.0 Å². The molecule has 1 atom stereocenters. The average molecular weight is 248 g/mol. The standard InChI is InChI=1S/C11H18F2N2O2/c1-2-4-15-7-9(6-14-15)10(16)3-5-17-8-11(12)13/h6-7,10-11,16H,2-5,8H2,1H3. The van der Waals surface area contributed by atoms with Gasteiger partial charge in [-0.2, -0.15) is 5.10 Å². The number of rotatable bonds is 8. The van der Waals surface area contributed by atoms with Crippen molar-refractivity contribution < 1.29 is 18.6 Å². The summed E-state index contributed by atoms with van der Waals surface area (Å²) in [4.78, 5) is 0. The Morgan fingerprint density at radius 1 is 1.53 bits per heavy atom. The van der Waals surface area contributed by atoms with Gasteiger partial charge in [0.2, 0.25) is 0 Å². The average Bonchev–Trinajstić information content (AvgIpc) is 2.73. The molecule has 1 rings (SSSR count). The van der Waals surface area contributed by atoms with Crippen molar-refractivity contribution in [1.82, 2.24) is 9.78 Å². The van der Waals surface area contributed by atoms with E-state index in [1.807, 2.05) is 6.92 Å². The highest BCUT2D eigenvalue weighted by Crippen LogP contribution is 2.15. The number of aliphatic hydroxyl groups is 1. The lowest BCUT2D eigenvalue weighted by Gasteiger charge is -2.08. The molecule has 0 aromatic carbocycles. The fraction of sp³-hybridized carbons (Fsp3) is 0.727. The first-order chi connectivity index (χ1) is 8.13. The summed E-state index contributed by atoms with van der Waals surface area (Å²) >= 11 is 0. The van der Waals surface area contributed by atoms with Crippen LogP contribution in [0.4, 0.5) is 8.78 Å². The maximum absolute atomic E-state index is 11.8. The van der Waals surface area contributed by atoms with E-state index in [0.29, 0.717) is 12.0 Å². The van der Waals surface area contributed by atoms with E-state index >= 15 is 0 Å². The Morgan fingerprint density at radius 2 is 2.29 bits per heavy atom. The Balaban J connectivity index is 2.28. The molecule has 0 saturated carbocycles. The maximum Gasteiger partial charge on any atom is 0.261 e. The molecule has 0 bridgehead atoms. The molecule has 1 heterocycles. The molecule has 1 aromatic heterocycles. The minimum atomic E-state index is -2.46. The van der Waals surface area contributed by atoms with Gasteiger partial charge in [0.15, 0.2) is 0 Å². The third kappa shape index (κ3) is 5.23. The van der Waals surface area contributed by atoms with Crippen LogP contribution in [0.1, 0.15) is 31.4 Å². The van der Waals surface area contributed by atoms with Gasteiger partial charge in [-0.25, -0.2) is 8.78 Å². The SMILES string of the molecule is CCCn1cc(C(O)CCOCC(F)F)cn1. The zero-order valence-electron chi connectivity index (χ0n) is 9.85. The molecule has 0 fully saturated rings. The van der Waals surface area contributed by atoms with Crippen LogP contribution in [0.25, 0.3) is 0 Å². The molecule has 1 aromatic rings. The Hall–Kier alpha value is -1.01. The van der Waals surface area contributed by atoms with Gasteiger partial charge in [-0.05, 0) is 6.42 Å². The number of ether oxygens (including phenoxy) is 1. The van der Waals surface area contributed by atoms with Gasteiger partial charge < -0.3 is 9.84 Å². The molecule has 0 radical (unpaired) electrons. The number of aliphatic hydroxyl groups excluding tert-OH is 1. The van der Waals surface area contributed by atoms with Crippen LogP contribution in [-0.2, 0) is 11.3 Å². The number of alkyl halides is 2. The van der Waals surface area contributed by atoms with Crippen molar-refractivity contribution in [3.8, 4) is 0 Å². The lowest BCUT2D eigenvalue weighted by atomic mass is 10.1. The third-order valence-electron chi connectivity index (χ3n) is 2.27. The molecular formula is C11H18F2N2O2. The summed E-state index contributed by atoms with van der Waals surface area (Å²) in [5, 5.41) is 13.8. The van der Waals surface area contributed by atoms with Crippen molar-refractivity contribution in [3.63, 3.8) is 0 Å². The molecule has 0 aliphatic rings. The van der Waals surface area contributed by atoms with Crippen LogP contribution in [0.3, 0.4) is 0 Å². The third-order valence-corrected chi connectivity index (χ3v) is 2.27. The van der Waals surface area contributed by atoms with Crippen LogP contribution < -0.4 is 0 Å². The van der Waals surface area contributed by atoms with Crippen molar-refractivity contribution in [3.05, 3.63) is 18.0 Å². The summed E-state index contributed by atoms with van der Waals surface area (Å²) in [5.74, 6) is 0. The van der Waals surface area contributed by atoms with Gasteiger partial charge >= 0.3 is 0 Å². The van der Waals surface area contributed by atoms with E-state index in [9.17, 15) is 13.9 Å². The van der Waals surface area contributed by atoms with Gasteiger partial charge in [0.25, 0.3) is 6.43 Å². The highest BCUT2D eigenvalue weighted by molar-refractivity contribution is 5.07. The molecule has 4 nitrogen and oxygen atoms in total. The zero-order chi connectivity index (χ0) is 12.7. The van der Waals surface area contributed by atoms with Gasteiger partial charge in [0.1, 0.15) is 6.61 Å². The van der Waals surface area contributed by atoms with E-state index in [4.69, 9.17) is 4.74 Å². The molecule has 1 unspecified atom stereocenters. The Morgan fingerprint density at radius 3 is 2.94 bits per heavy atom. The highest BCUT2D eigenvalue weighted by atomic mass is 19.3. The predicted octanol–water partition coefficient (Wildman–Crippen LogP) is 2.00. The van der Waals surface area contributed by atoms with Crippen LogP contribution in [0.15, 0.2) is 12.4 Å². The van der Waals surface area contributed by atoms with Gasteiger partial charge in [-0.15, -0.1) is 0 Å². The van der Waals surface area contributed by atoms with Gasteiger partial charge in [0.05, 0.1) is 12.3 Å². The Bertz CT molecular complexity index is 318. The van der Waals surface area contributed by atoms with E-state index in [2.05, 4.69) is 5.10 Å². The summed E-state index contributed by atoms with van der Waals surface area (Å²) in [6.45, 7) is 2.37. The molecule has 0 saturated heterocycles. The molecule has 98 valence electrons. The quantitative estimate of drug-likeness (QED) is 0.716. The van der Waals surface area contributed by atoms with E-state index < -0.39 is 19.1 Å². The van der Waals surface area contributed by atoms with Crippen molar-refractivity contribution >= 4 is 0 Å². The molecule has 0 aliphatic carbocycles. The van der Waals surface area contributed by atoms with Gasteiger partial charge in [-0.1, -0.05) is 6.92 Å². The maximum atomic E-state index is 11.8. The molecule has 6 heteroatoms. The van der Waals surface area contributed by atoms with Crippen LogP contribution in [0, 0.1) is 0 Å². The van der Waals surface area contributed by atoms with Crippen molar-refractivity contribution in [1.29, 1.82) is 0 Å². The smallest absolute Gasteiger partial charge is 0.261 e. The summed E-state index contributed by atoms with van der Waals surface area (Å²) in [6.07, 6.45) is 1.45. The Kier molecular flexibility index (Phi) is 6.07. The largest absolute Gasteiger partial charge is 0.388 e. The van der Waals surface area contributed by atoms with Gasteiger partial charge in [0, 0.05) is 31.3 Å². The summed E-state index contributed by atoms with van der Waals surface area (Å²) in [6, 6.07) is 0. The second-order valence-corrected chi connectivity index (χ2v) is 3.81. The Labute approximate surface area is 99.2 Å². The number of aromatic nitrogens is 2. The van der Waals surface area contributed by atoms with E-state index in [1.54, 1.807) is 17.1 Å². The van der Waals surface area contributed by atoms with E-state index in [-0.39, 0.29) is 6.61 Å². The number of halogens is 2. The zero-order valence-corrected chi connectivity index (χ0v) is 9.85. The van der Waals surface area contributed by atoms with Crippen molar-refractivity contribution in [2.24, 2.45) is 0 Å². The first-order valence-corrected chi connectivity index (χ1v) is 5.69. The highest BCUT2D eigenvalue weighted by Gasteiger charge is 2.10. The normalized spacial score (nSPS) is 13.2. The molecule has 1 N–H and O–H groups in total. The van der Waals surface area contributed by atoms with Crippen LogP contribution >= 0.6 is 0 Å². The monoisotopic (exact) mass is 248 g/mol. The summed E-state index contributed by atoms with van der Waals surface area (Å²) in [7, 11) is 0. The number of hydrogen-bond donors (Lipinski definition) is 1. The van der Waals surface area contributed by atoms with Crippen LogP contribution in [0.5, 0.6) is 0 Å². The summed E-state index contributed by atoms with van der Waals surface area (Å²) in [5.41, 5.74) is 0.694. The summed E-state index contributed by atoms with van der Waals surface area (Å²) < 4.78 is 30.0. The molecule has 0 aliphatic heterocycles. The fourth-order valence-corrected chi connectivity index (χ4v) is 1.44. The molecule has 17 heavy (non-hydrogen) atoms. The number of hydrogen-bond acceptors (Lipinski definition) is 3. The first-order valence-electron chi connectivity index (χ1n) is 5.69. The predicted molar refractivity (Wildman–Crippen MR) is 58.9 cm³/mol. The minimum absolute atomic E-state index is 0.116. The molecule has 0 amide bonds. The first kappa shape index (κ1) is 14.1. The van der Waals surface area contributed by atoms with Crippen molar-refractivity contribution in [2.75, 3.05) is 13.2 Å². The second kappa shape index (κ2) is 7.34. The van der Waals surface area contributed by atoms with Crippen LogP contribution in [0.2, 0.25) is 0 Å². The topological polar surface area (TPSA) is 47.3 Å². The number of aryl methyl sites for hydroxylation is 1. The minimum Gasteiger partial charge on any atom is -0.388 e. The van der Waals surface area contributed by atoms with Gasteiger partial charge in [-0.3, -0.25) is 4.68 Å². The fourth-order valence-electron chi connectivity index (χ4n) is 1.44. The molecular weight excluding hydrogens is 230 g/mol. The number of nitrogens with zero attached hydrogens (tertiary/aromatic N) is 2.